The molecule has 0 fully saturated rings. The highest BCUT2D eigenvalue weighted by Crippen LogP contribution is 2.32. The smallest absolute Gasteiger partial charge is 0.00580 e. The quantitative estimate of drug-likeness (QED) is 0.619. The Morgan fingerprint density at radius 1 is 0.824 bits per heavy atom. The molecule has 1 aliphatic rings. The van der Waals surface area contributed by atoms with Crippen LogP contribution in [-0.2, 0) is 0 Å². The van der Waals surface area contributed by atoms with E-state index in [1.807, 2.05) is 0 Å². The summed E-state index contributed by atoms with van der Waals surface area (Å²) in [4.78, 5) is 0. The predicted molar refractivity (Wildman–Crippen MR) is 75.8 cm³/mol. The van der Waals surface area contributed by atoms with Gasteiger partial charge in [-0.25, -0.2) is 0 Å². The number of hydrogen-bond acceptors (Lipinski definition) is 0. The van der Waals surface area contributed by atoms with Gasteiger partial charge in [0.05, 0.1) is 0 Å². The molecule has 0 saturated carbocycles. The van der Waals surface area contributed by atoms with Crippen LogP contribution >= 0.6 is 0 Å². The van der Waals surface area contributed by atoms with Gasteiger partial charge in [0.1, 0.15) is 0 Å². The molecule has 0 aromatic heterocycles. The van der Waals surface area contributed by atoms with E-state index in [-0.39, 0.29) is 0 Å². The van der Waals surface area contributed by atoms with Crippen LogP contribution < -0.4 is 0 Å². The molecular weight excluding hydrogens is 204 g/mol. The van der Waals surface area contributed by atoms with Crippen LogP contribution in [0.15, 0.2) is 58.7 Å². The molecule has 0 spiro atoms. The minimum atomic E-state index is 1.06. The summed E-state index contributed by atoms with van der Waals surface area (Å²) in [5.74, 6) is 0. The van der Waals surface area contributed by atoms with E-state index in [1.54, 1.807) is 0 Å². The van der Waals surface area contributed by atoms with Crippen molar-refractivity contribution in [1.29, 1.82) is 0 Å². The van der Waals surface area contributed by atoms with Gasteiger partial charge in [0.2, 0.25) is 0 Å². The molecule has 2 rings (SSSR count). The molecule has 1 aliphatic carbocycles. The van der Waals surface area contributed by atoms with Gasteiger partial charge < -0.3 is 0 Å². The maximum Gasteiger partial charge on any atom is -0.00580 e. The average Bonchev–Trinajstić information content (AvgIpc) is 2.44. The van der Waals surface area contributed by atoms with Crippen LogP contribution in [-0.4, -0.2) is 0 Å². The summed E-state index contributed by atoms with van der Waals surface area (Å²) in [5.41, 5.74) is 8.51. The van der Waals surface area contributed by atoms with E-state index in [0.29, 0.717) is 0 Å². The van der Waals surface area contributed by atoms with E-state index in [2.05, 4.69) is 64.1 Å². The summed E-state index contributed by atoms with van der Waals surface area (Å²) >= 11 is 0. The zero-order valence-corrected chi connectivity index (χ0v) is 11.2. The van der Waals surface area contributed by atoms with Crippen LogP contribution in [0.5, 0.6) is 0 Å². The Balaban J connectivity index is 2.50. The minimum Gasteiger partial charge on any atom is -0.0657 e. The average molecular weight is 224 g/mol. The van der Waals surface area contributed by atoms with Crippen LogP contribution in [0.3, 0.4) is 0 Å². The summed E-state index contributed by atoms with van der Waals surface area (Å²) in [5, 5.41) is 0. The second-order valence-electron chi connectivity index (χ2n) is 4.93. The van der Waals surface area contributed by atoms with Gasteiger partial charge >= 0.3 is 0 Å². The lowest BCUT2D eigenvalue weighted by molar-refractivity contribution is 1.15. The fourth-order valence-corrected chi connectivity index (χ4v) is 2.29. The van der Waals surface area contributed by atoms with Crippen LogP contribution in [0.25, 0.3) is 5.57 Å². The zero-order valence-electron chi connectivity index (χ0n) is 11.2. The molecular formula is C17H20. The molecule has 0 aliphatic heterocycles. The van der Waals surface area contributed by atoms with Gasteiger partial charge in [-0.15, -0.1) is 0 Å². The van der Waals surface area contributed by atoms with Crippen molar-refractivity contribution in [3.05, 3.63) is 64.3 Å². The highest BCUT2D eigenvalue weighted by atomic mass is 14.2. The van der Waals surface area contributed by atoms with Crippen molar-refractivity contribution in [2.45, 2.75) is 34.1 Å². The summed E-state index contributed by atoms with van der Waals surface area (Å²) in [6.45, 7) is 8.91. The second kappa shape index (κ2) is 4.75. The maximum absolute atomic E-state index is 2.34. The third kappa shape index (κ3) is 2.41. The van der Waals surface area contributed by atoms with Gasteiger partial charge in [0, 0.05) is 0 Å². The fraction of sp³-hybridized carbons (Fsp3) is 0.294. The van der Waals surface area contributed by atoms with Crippen LogP contribution in [0.4, 0.5) is 0 Å². The standard InChI is InChI=1S/C17H20/c1-12-10-17(16-8-6-5-7-9-16)11-13(2)15(4)14(12)3/h5-10H,11H2,1-4H3. The molecule has 0 heterocycles. The number of allylic oxidation sites excluding steroid dienone is 6. The second-order valence-corrected chi connectivity index (χ2v) is 4.93. The first kappa shape index (κ1) is 11.9. The van der Waals surface area contributed by atoms with E-state index in [1.165, 1.54) is 33.4 Å². The van der Waals surface area contributed by atoms with Crippen LogP contribution in [0.1, 0.15) is 39.7 Å². The van der Waals surface area contributed by atoms with Gasteiger partial charge in [0.15, 0.2) is 0 Å². The predicted octanol–water partition coefficient (Wildman–Crippen LogP) is 5.15. The number of benzene rings is 1. The molecule has 1 aromatic rings. The van der Waals surface area contributed by atoms with Gasteiger partial charge in [-0.1, -0.05) is 42.0 Å². The normalized spacial score (nSPS) is 17.1. The Morgan fingerprint density at radius 3 is 2.12 bits per heavy atom. The summed E-state index contributed by atoms with van der Waals surface area (Å²) in [7, 11) is 0. The Hall–Kier alpha value is -1.56. The number of hydrogen-bond donors (Lipinski definition) is 0. The molecule has 0 amide bonds. The van der Waals surface area contributed by atoms with E-state index in [9.17, 15) is 0 Å². The Bertz CT molecular complexity index is 510. The molecule has 1 aromatic carbocycles. The van der Waals surface area contributed by atoms with Crippen molar-refractivity contribution in [3.8, 4) is 0 Å². The summed E-state index contributed by atoms with van der Waals surface area (Å²) in [6, 6.07) is 10.7. The van der Waals surface area contributed by atoms with Crippen molar-refractivity contribution < 1.29 is 0 Å². The first-order valence-electron chi connectivity index (χ1n) is 6.20. The van der Waals surface area contributed by atoms with Gasteiger partial charge in [-0.3, -0.25) is 0 Å². The largest absolute Gasteiger partial charge is 0.0657 e. The Kier molecular flexibility index (Phi) is 3.33. The molecule has 0 radical (unpaired) electrons. The number of rotatable bonds is 1. The van der Waals surface area contributed by atoms with E-state index in [4.69, 9.17) is 0 Å². The monoisotopic (exact) mass is 224 g/mol. The molecule has 0 nitrogen and oxygen atoms in total. The van der Waals surface area contributed by atoms with Crippen LogP contribution in [0, 0.1) is 0 Å². The summed E-state index contributed by atoms with van der Waals surface area (Å²) in [6.07, 6.45) is 3.40. The van der Waals surface area contributed by atoms with Crippen molar-refractivity contribution in [2.75, 3.05) is 0 Å². The minimum absolute atomic E-state index is 1.06. The lowest BCUT2D eigenvalue weighted by Gasteiger charge is -2.08. The van der Waals surface area contributed by atoms with E-state index in [0.717, 1.165) is 6.42 Å². The highest BCUT2D eigenvalue weighted by molar-refractivity contribution is 5.72. The molecule has 0 atom stereocenters. The van der Waals surface area contributed by atoms with Crippen molar-refractivity contribution in [3.63, 3.8) is 0 Å². The molecule has 0 unspecified atom stereocenters. The van der Waals surface area contributed by atoms with Crippen molar-refractivity contribution >= 4 is 5.57 Å². The van der Waals surface area contributed by atoms with Gasteiger partial charge in [0.25, 0.3) is 0 Å². The lowest BCUT2D eigenvalue weighted by Crippen LogP contribution is -1.87. The first-order chi connectivity index (χ1) is 8.09. The van der Waals surface area contributed by atoms with E-state index < -0.39 is 0 Å². The molecule has 88 valence electrons. The Labute approximate surface area is 104 Å². The summed E-state index contributed by atoms with van der Waals surface area (Å²) < 4.78 is 0. The van der Waals surface area contributed by atoms with Crippen LogP contribution in [0.2, 0.25) is 0 Å². The molecule has 0 N–H and O–H groups in total. The third-order valence-corrected chi connectivity index (χ3v) is 3.79. The lowest BCUT2D eigenvalue weighted by atomic mass is 9.97. The maximum atomic E-state index is 2.34. The molecule has 0 saturated heterocycles. The molecule has 17 heavy (non-hydrogen) atoms. The molecule has 0 heteroatoms. The fourth-order valence-electron chi connectivity index (χ4n) is 2.29. The van der Waals surface area contributed by atoms with Crippen molar-refractivity contribution in [1.82, 2.24) is 0 Å². The molecule has 0 bridgehead atoms. The third-order valence-electron chi connectivity index (χ3n) is 3.79. The van der Waals surface area contributed by atoms with Gasteiger partial charge in [-0.05, 0) is 62.0 Å². The highest BCUT2D eigenvalue weighted by Gasteiger charge is 2.11. The SMILES string of the molecule is CC1=C(C)C(C)=C(C)CC(c2ccccc2)=C1. The zero-order chi connectivity index (χ0) is 12.4. The Morgan fingerprint density at radius 2 is 1.47 bits per heavy atom. The van der Waals surface area contributed by atoms with E-state index >= 15 is 0 Å². The first-order valence-corrected chi connectivity index (χ1v) is 6.20. The van der Waals surface area contributed by atoms with Crippen molar-refractivity contribution in [2.24, 2.45) is 0 Å². The topological polar surface area (TPSA) is 0 Å². The van der Waals surface area contributed by atoms with Gasteiger partial charge in [-0.2, -0.15) is 0 Å².